The van der Waals surface area contributed by atoms with E-state index in [1.807, 2.05) is 38.3 Å². The van der Waals surface area contributed by atoms with Crippen LogP contribution in [0.2, 0.25) is 0 Å². The van der Waals surface area contributed by atoms with Crippen LogP contribution < -0.4 is 10.7 Å². The molecule has 0 bridgehead atoms. The number of hydrogen-bond donors (Lipinski definition) is 2. The maximum absolute atomic E-state index is 4.10. The number of aromatic nitrogens is 1. The molecular weight excluding hydrogens is 152 g/mol. The molecule has 0 radical (unpaired) electrons. The first-order chi connectivity index (χ1) is 5.72. The zero-order chi connectivity index (χ0) is 8.97. The minimum absolute atomic E-state index is 0.863. The molecule has 4 heteroatoms. The largest absolute Gasteiger partial charge is 0.373 e. The van der Waals surface area contributed by atoms with Gasteiger partial charge in [0.1, 0.15) is 5.82 Å². The summed E-state index contributed by atoms with van der Waals surface area (Å²) >= 11 is 0. The highest BCUT2D eigenvalue weighted by atomic mass is 15.5. The summed E-state index contributed by atoms with van der Waals surface area (Å²) in [5, 5.41) is 4.85. The van der Waals surface area contributed by atoms with Crippen molar-refractivity contribution in [2.75, 3.05) is 31.9 Å². The standard InChI is InChI=1S/C8H14N4/c1-9-8-6-7(4-5-10-8)11-12(2)3/h4-6H,1-3H3,(H2,9,10,11). The number of hydrogen-bond acceptors (Lipinski definition) is 4. The summed E-state index contributed by atoms with van der Waals surface area (Å²) in [6.07, 6.45) is 1.76. The second kappa shape index (κ2) is 3.92. The van der Waals surface area contributed by atoms with E-state index in [0.29, 0.717) is 0 Å². The van der Waals surface area contributed by atoms with Crippen LogP contribution in [0.25, 0.3) is 0 Å². The fourth-order valence-corrected chi connectivity index (χ4v) is 0.895. The molecule has 66 valence electrons. The first kappa shape index (κ1) is 8.80. The molecule has 0 aromatic carbocycles. The molecule has 0 fully saturated rings. The van der Waals surface area contributed by atoms with Gasteiger partial charge in [0, 0.05) is 33.4 Å². The third kappa shape index (κ3) is 2.39. The van der Waals surface area contributed by atoms with Crippen LogP contribution in [0.15, 0.2) is 18.3 Å². The van der Waals surface area contributed by atoms with Crippen molar-refractivity contribution in [3.8, 4) is 0 Å². The van der Waals surface area contributed by atoms with Gasteiger partial charge in [-0.1, -0.05) is 0 Å². The van der Waals surface area contributed by atoms with Gasteiger partial charge < -0.3 is 10.7 Å². The normalized spacial score (nSPS) is 10.0. The number of hydrazine groups is 1. The summed E-state index contributed by atoms with van der Waals surface area (Å²) in [4.78, 5) is 4.10. The van der Waals surface area contributed by atoms with Crippen LogP contribution in [-0.4, -0.2) is 31.1 Å². The van der Waals surface area contributed by atoms with Crippen molar-refractivity contribution >= 4 is 11.5 Å². The Labute approximate surface area is 72.6 Å². The molecule has 1 rings (SSSR count). The Bertz CT molecular complexity index is 247. The predicted octanol–water partition coefficient (Wildman–Crippen LogP) is 1.01. The second-order valence-electron chi connectivity index (χ2n) is 2.69. The highest BCUT2D eigenvalue weighted by Crippen LogP contribution is 2.10. The Morgan fingerprint density at radius 2 is 2.17 bits per heavy atom. The van der Waals surface area contributed by atoms with Gasteiger partial charge >= 0.3 is 0 Å². The van der Waals surface area contributed by atoms with Crippen molar-refractivity contribution in [3.63, 3.8) is 0 Å². The first-order valence-corrected chi connectivity index (χ1v) is 3.80. The summed E-state index contributed by atoms with van der Waals surface area (Å²) < 4.78 is 0. The zero-order valence-electron chi connectivity index (χ0n) is 7.63. The molecular formula is C8H14N4. The van der Waals surface area contributed by atoms with Gasteiger partial charge in [0.05, 0.1) is 5.69 Å². The van der Waals surface area contributed by atoms with Crippen LogP contribution in [0.4, 0.5) is 11.5 Å². The van der Waals surface area contributed by atoms with E-state index in [1.54, 1.807) is 6.20 Å². The SMILES string of the molecule is CNc1cc(NN(C)C)ccn1. The Morgan fingerprint density at radius 1 is 1.42 bits per heavy atom. The van der Waals surface area contributed by atoms with Gasteiger partial charge in [-0.25, -0.2) is 9.99 Å². The van der Waals surface area contributed by atoms with Gasteiger partial charge in [-0.3, -0.25) is 0 Å². The molecule has 0 saturated heterocycles. The molecule has 0 spiro atoms. The molecule has 1 aromatic rings. The van der Waals surface area contributed by atoms with Crippen LogP contribution in [0.5, 0.6) is 0 Å². The minimum Gasteiger partial charge on any atom is -0.373 e. The van der Waals surface area contributed by atoms with Gasteiger partial charge in [-0.2, -0.15) is 0 Å². The van der Waals surface area contributed by atoms with E-state index in [-0.39, 0.29) is 0 Å². The third-order valence-electron chi connectivity index (χ3n) is 1.37. The fraction of sp³-hybridized carbons (Fsp3) is 0.375. The van der Waals surface area contributed by atoms with E-state index in [9.17, 15) is 0 Å². The van der Waals surface area contributed by atoms with E-state index in [1.165, 1.54) is 0 Å². The highest BCUT2D eigenvalue weighted by molar-refractivity contribution is 5.50. The lowest BCUT2D eigenvalue weighted by Gasteiger charge is -2.13. The molecule has 12 heavy (non-hydrogen) atoms. The van der Waals surface area contributed by atoms with Crippen LogP contribution in [0.1, 0.15) is 0 Å². The maximum Gasteiger partial charge on any atom is 0.127 e. The van der Waals surface area contributed by atoms with Gasteiger partial charge in [-0.05, 0) is 6.07 Å². The summed E-state index contributed by atoms with van der Waals surface area (Å²) in [6, 6.07) is 3.86. The summed E-state index contributed by atoms with van der Waals surface area (Å²) in [5.41, 5.74) is 4.16. The molecule has 0 atom stereocenters. The molecule has 0 aliphatic rings. The number of rotatable bonds is 3. The van der Waals surface area contributed by atoms with Crippen molar-refractivity contribution in [3.05, 3.63) is 18.3 Å². The minimum atomic E-state index is 0.863. The van der Waals surface area contributed by atoms with Gasteiger partial charge in [0.2, 0.25) is 0 Å². The molecule has 0 saturated carbocycles. The van der Waals surface area contributed by atoms with Crippen molar-refractivity contribution in [2.45, 2.75) is 0 Å². The molecule has 2 N–H and O–H groups in total. The monoisotopic (exact) mass is 166 g/mol. The molecule has 0 aliphatic carbocycles. The van der Waals surface area contributed by atoms with Gasteiger partial charge in [0.25, 0.3) is 0 Å². The van der Waals surface area contributed by atoms with Crippen molar-refractivity contribution in [2.24, 2.45) is 0 Å². The summed E-state index contributed by atoms with van der Waals surface area (Å²) in [7, 11) is 5.74. The molecule has 4 nitrogen and oxygen atoms in total. The molecule has 1 aromatic heterocycles. The van der Waals surface area contributed by atoms with Crippen LogP contribution in [-0.2, 0) is 0 Å². The van der Waals surface area contributed by atoms with E-state index < -0.39 is 0 Å². The Balaban J connectivity index is 2.72. The molecule has 1 heterocycles. The second-order valence-corrected chi connectivity index (χ2v) is 2.69. The van der Waals surface area contributed by atoms with Crippen LogP contribution in [0.3, 0.4) is 0 Å². The van der Waals surface area contributed by atoms with Crippen molar-refractivity contribution < 1.29 is 0 Å². The van der Waals surface area contributed by atoms with Crippen molar-refractivity contribution in [1.29, 1.82) is 0 Å². The average Bonchev–Trinajstić information content (AvgIpc) is 2.03. The van der Waals surface area contributed by atoms with Crippen LogP contribution in [0, 0.1) is 0 Å². The van der Waals surface area contributed by atoms with E-state index in [2.05, 4.69) is 15.7 Å². The molecule has 0 aliphatic heterocycles. The maximum atomic E-state index is 4.10. The lowest BCUT2D eigenvalue weighted by Crippen LogP contribution is -2.19. The van der Waals surface area contributed by atoms with Crippen LogP contribution >= 0.6 is 0 Å². The van der Waals surface area contributed by atoms with E-state index in [0.717, 1.165) is 11.5 Å². The zero-order valence-corrected chi connectivity index (χ0v) is 7.63. The quantitative estimate of drug-likeness (QED) is 0.657. The molecule has 0 amide bonds. The topological polar surface area (TPSA) is 40.2 Å². The van der Waals surface area contributed by atoms with E-state index in [4.69, 9.17) is 0 Å². The first-order valence-electron chi connectivity index (χ1n) is 3.80. The highest BCUT2D eigenvalue weighted by Gasteiger charge is 1.94. The Kier molecular flexibility index (Phi) is 2.88. The number of nitrogens with one attached hydrogen (secondary N) is 2. The molecule has 0 unspecified atom stereocenters. The summed E-state index contributed by atoms with van der Waals surface area (Å²) in [6.45, 7) is 0. The predicted molar refractivity (Wildman–Crippen MR) is 51.1 cm³/mol. The van der Waals surface area contributed by atoms with Gasteiger partial charge in [-0.15, -0.1) is 0 Å². The summed E-state index contributed by atoms with van der Waals surface area (Å²) in [5.74, 6) is 0.863. The Hall–Kier alpha value is -1.29. The number of nitrogens with zero attached hydrogens (tertiary/aromatic N) is 2. The van der Waals surface area contributed by atoms with Gasteiger partial charge in [0.15, 0.2) is 0 Å². The van der Waals surface area contributed by atoms with Crippen molar-refractivity contribution in [1.82, 2.24) is 9.99 Å². The average molecular weight is 166 g/mol. The Morgan fingerprint density at radius 3 is 2.75 bits per heavy atom. The lowest BCUT2D eigenvalue weighted by molar-refractivity contribution is 0.495. The third-order valence-corrected chi connectivity index (χ3v) is 1.37. The van der Waals surface area contributed by atoms with E-state index >= 15 is 0 Å². The number of anilines is 2. The number of pyridine rings is 1. The fourth-order valence-electron chi connectivity index (χ4n) is 0.895. The smallest absolute Gasteiger partial charge is 0.127 e. The lowest BCUT2D eigenvalue weighted by atomic mass is 10.4.